The Morgan fingerprint density at radius 2 is 1.94 bits per heavy atom. The van der Waals surface area contributed by atoms with Gasteiger partial charge in [0.15, 0.2) is 5.65 Å². The number of benzene rings is 2. The number of halogens is 1. The number of carbonyl (C=O) groups is 1. The number of primary amides is 1. The third-order valence-corrected chi connectivity index (χ3v) is 7.56. The van der Waals surface area contributed by atoms with Crippen LogP contribution in [0, 0.1) is 12.8 Å². The van der Waals surface area contributed by atoms with E-state index in [1.807, 2.05) is 6.20 Å². The van der Waals surface area contributed by atoms with Crippen LogP contribution < -0.4 is 11.5 Å². The maximum Gasteiger partial charge on any atom is 0.217 e. The van der Waals surface area contributed by atoms with Crippen LogP contribution in [0.5, 0.6) is 0 Å². The monoisotopic (exact) mass is 491 g/mol. The summed E-state index contributed by atoms with van der Waals surface area (Å²) in [6.45, 7) is 2.13. The zero-order valence-corrected chi connectivity index (χ0v) is 19.6. The van der Waals surface area contributed by atoms with E-state index in [4.69, 9.17) is 16.5 Å². The van der Waals surface area contributed by atoms with Crippen LogP contribution in [0.3, 0.4) is 0 Å². The van der Waals surface area contributed by atoms with Crippen molar-refractivity contribution < 1.29 is 4.79 Å². The summed E-state index contributed by atoms with van der Waals surface area (Å²) in [6, 6.07) is 12.8. The molecule has 0 aliphatic heterocycles. The number of hydrogen-bond acceptors (Lipinski definition) is 4. The van der Waals surface area contributed by atoms with Crippen molar-refractivity contribution in [3.8, 4) is 11.1 Å². The second kappa shape index (κ2) is 8.20. The largest absolute Gasteiger partial charge is 0.383 e. The Morgan fingerprint density at radius 3 is 2.69 bits per heavy atom. The molecule has 0 atom stereocenters. The highest BCUT2D eigenvalue weighted by atomic mass is 79.9. The maximum atomic E-state index is 11.3. The lowest BCUT2D eigenvalue weighted by Crippen LogP contribution is -2.21. The number of anilines is 1. The van der Waals surface area contributed by atoms with E-state index in [1.165, 1.54) is 16.3 Å². The summed E-state index contributed by atoms with van der Waals surface area (Å²) in [5.74, 6) is 1.01. The summed E-state index contributed by atoms with van der Waals surface area (Å²) in [4.78, 5) is 16.4. The molecule has 1 amide bonds. The van der Waals surface area contributed by atoms with Crippen molar-refractivity contribution in [2.24, 2.45) is 11.7 Å². The second-order valence-corrected chi connectivity index (χ2v) is 9.69. The molecule has 1 fully saturated rings. The average Bonchev–Trinajstić information content (AvgIpc) is 3.21. The van der Waals surface area contributed by atoms with Gasteiger partial charge in [0.25, 0.3) is 0 Å². The molecule has 5 rings (SSSR count). The molecule has 32 heavy (non-hydrogen) atoms. The van der Waals surface area contributed by atoms with E-state index in [9.17, 15) is 4.79 Å². The molecule has 1 saturated carbocycles. The molecule has 0 spiro atoms. The van der Waals surface area contributed by atoms with Crippen molar-refractivity contribution in [2.45, 2.75) is 44.9 Å². The Hall–Kier alpha value is -2.93. The van der Waals surface area contributed by atoms with Gasteiger partial charge in [0.1, 0.15) is 5.82 Å². The van der Waals surface area contributed by atoms with Crippen molar-refractivity contribution in [3.63, 3.8) is 0 Å². The molecule has 0 bridgehead atoms. The van der Waals surface area contributed by atoms with E-state index >= 15 is 0 Å². The van der Waals surface area contributed by atoms with Crippen molar-refractivity contribution in [1.82, 2.24) is 14.6 Å². The highest BCUT2D eigenvalue weighted by molar-refractivity contribution is 9.10. The average molecular weight is 492 g/mol. The van der Waals surface area contributed by atoms with Gasteiger partial charge in [-0.1, -0.05) is 30.3 Å². The van der Waals surface area contributed by atoms with E-state index in [2.05, 4.69) is 64.4 Å². The minimum absolute atomic E-state index is 0.215. The number of amides is 1. The molecule has 0 saturated heterocycles. The number of carbonyl (C=O) groups excluding carboxylic acids is 1. The van der Waals surface area contributed by atoms with Gasteiger partial charge in [-0.25, -0.2) is 4.98 Å². The minimum atomic E-state index is -0.215. The predicted octanol–water partition coefficient (Wildman–Crippen LogP) is 5.35. The number of fused-ring (bicyclic) bond motifs is 2. The van der Waals surface area contributed by atoms with Crippen LogP contribution in [0.25, 0.3) is 27.5 Å². The van der Waals surface area contributed by atoms with Gasteiger partial charge in [-0.15, -0.1) is 0 Å². The third-order valence-electron chi connectivity index (χ3n) is 6.75. The minimum Gasteiger partial charge on any atom is -0.383 e. The van der Waals surface area contributed by atoms with Crippen LogP contribution in [-0.2, 0) is 4.79 Å². The summed E-state index contributed by atoms with van der Waals surface area (Å²) in [6.07, 6.45) is 6.21. The Morgan fingerprint density at radius 1 is 1.19 bits per heavy atom. The molecule has 0 radical (unpaired) electrons. The Kier molecular flexibility index (Phi) is 5.37. The zero-order chi connectivity index (χ0) is 22.4. The molecule has 1 aliphatic rings. The van der Waals surface area contributed by atoms with E-state index in [-0.39, 0.29) is 5.91 Å². The van der Waals surface area contributed by atoms with Gasteiger partial charge in [-0.05, 0) is 82.4 Å². The number of aryl methyl sites for hydroxylation is 1. The molecular weight excluding hydrogens is 466 g/mol. The fraction of sp³-hybridized carbons (Fsp3) is 0.320. The molecule has 2 aromatic carbocycles. The predicted molar refractivity (Wildman–Crippen MR) is 131 cm³/mol. The first-order valence-corrected chi connectivity index (χ1v) is 11.8. The van der Waals surface area contributed by atoms with Gasteiger partial charge >= 0.3 is 0 Å². The molecule has 7 heteroatoms. The third kappa shape index (κ3) is 3.64. The van der Waals surface area contributed by atoms with Gasteiger partial charge in [0.2, 0.25) is 5.91 Å². The van der Waals surface area contributed by atoms with E-state index in [0.717, 1.165) is 52.6 Å². The number of nitrogens with two attached hydrogens (primary N) is 2. The molecule has 2 heterocycles. The van der Waals surface area contributed by atoms with E-state index in [0.29, 0.717) is 24.1 Å². The van der Waals surface area contributed by atoms with Gasteiger partial charge in [0.05, 0.1) is 16.4 Å². The number of rotatable bonds is 4. The number of aromatic nitrogens is 3. The zero-order valence-electron chi connectivity index (χ0n) is 18.0. The van der Waals surface area contributed by atoms with Crippen LogP contribution in [0.1, 0.15) is 49.3 Å². The molecule has 4 N–H and O–H groups in total. The summed E-state index contributed by atoms with van der Waals surface area (Å²) < 4.78 is 2.53. The van der Waals surface area contributed by atoms with Crippen LogP contribution in [0.15, 0.2) is 47.1 Å². The Labute approximate surface area is 195 Å². The summed E-state index contributed by atoms with van der Waals surface area (Å²) in [7, 11) is 0. The van der Waals surface area contributed by atoms with Crippen molar-refractivity contribution in [1.29, 1.82) is 0 Å². The molecule has 6 nitrogen and oxygen atoms in total. The van der Waals surface area contributed by atoms with Gasteiger partial charge < -0.3 is 11.5 Å². The molecule has 4 aromatic rings. The number of nitrogen functional groups attached to an aromatic ring is 1. The highest BCUT2D eigenvalue weighted by Gasteiger charge is 2.28. The lowest BCUT2D eigenvalue weighted by atomic mass is 9.79. The summed E-state index contributed by atoms with van der Waals surface area (Å²) >= 11 is 3.68. The molecule has 164 valence electrons. The number of hydrogen-bond donors (Lipinski definition) is 2. The maximum absolute atomic E-state index is 11.3. The standard InChI is InChI=1S/C25H26BrN5O/c1-14-10-18(12-17-4-2-3-5-19(14)17)20-13-29-31-24(28)22(26)23(30-25(20)31)16-8-6-15(7-9-16)11-21(27)32/h2-5,10,12-13,15-16H,6-9,11,28H2,1H3,(H2,27,32). The van der Waals surface area contributed by atoms with Crippen LogP contribution >= 0.6 is 15.9 Å². The first-order chi connectivity index (χ1) is 15.4. The fourth-order valence-corrected chi connectivity index (χ4v) is 5.65. The lowest BCUT2D eigenvalue weighted by Gasteiger charge is -2.28. The summed E-state index contributed by atoms with van der Waals surface area (Å²) in [5, 5.41) is 6.98. The van der Waals surface area contributed by atoms with Crippen molar-refractivity contribution in [2.75, 3.05) is 5.73 Å². The van der Waals surface area contributed by atoms with Gasteiger partial charge in [0, 0.05) is 17.9 Å². The van der Waals surface area contributed by atoms with Gasteiger partial charge in [-0.3, -0.25) is 4.79 Å². The Bertz CT molecular complexity index is 1340. The van der Waals surface area contributed by atoms with Crippen LogP contribution in [-0.4, -0.2) is 20.5 Å². The highest BCUT2D eigenvalue weighted by Crippen LogP contribution is 2.41. The SMILES string of the molecule is Cc1cc(-c2cnn3c(N)c(Br)c(C4CCC(CC(N)=O)CC4)nc23)cc2ccccc12. The van der Waals surface area contributed by atoms with Crippen LogP contribution in [0.4, 0.5) is 5.82 Å². The molecule has 0 unspecified atom stereocenters. The Balaban J connectivity index is 1.56. The fourth-order valence-electron chi connectivity index (χ4n) is 5.07. The summed E-state index contributed by atoms with van der Waals surface area (Å²) in [5.41, 5.74) is 16.9. The van der Waals surface area contributed by atoms with E-state index in [1.54, 1.807) is 4.52 Å². The van der Waals surface area contributed by atoms with Gasteiger partial charge in [-0.2, -0.15) is 9.61 Å². The topological polar surface area (TPSA) is 99.3 Å². The molecule has 2 aromatic heterocycles. The van der Waals surface area contributed by atoms with Crippen molar-refractivity contribution in [3.05, 3.63) is 58.3 Å². The molecule has 1 aliphatic carbocycles. The first-order valence-electron chi connectivity index (χ1n) is 11.0. The second-order valence-electron chi connectivity index (χ2n) is 8.89. The lowest BCUT2D eigenvalue weighted by molar-refractivity contribution is -0.119. The van der Waals surface area contributed by atoms with Crippen LogP contribution in [0.2, 0.25) is 0 Å². The van der Waals surface area contributed by atoms with Crippen molar-refractivity contribution >= 4 is 44.1 Å². The quantitative estimate of drug-likeness (QED) is 0.401. The first kappa shape index (κ1) is 20.9. The van der Waals surface area contributed by atoms with E-state index < -0.39 is 0 Å². The smallest absolute Gasteiger partial charge is 0.217 e. The molecular formula is C25H26BrN5O. The number of nitrogens with zero attached hydrogens (tertiary/aromatic N) is 3. The normalized spacial score (nSPS) is 18.9.